The van der Waals surface area contributed by atoms with Crippen molar-refractivity contribution in [3.63, 3.8) is 0 Å². The Morgan fingerprint density at radius 1 is 1.05 bits per heavy atom. The van der Waals surface area contributed by atoms with E-state index < -0.39 is 52.5 Å². The van der Waals surface area contributed by atoms with Crippen LogP contribution in [-0.4, -0.2) is 46.1 Å². The standard InChI is InChI=1S/C31H23F3N4O4S/c1-41-16-42-31(14-35,15-36)26-27(32)24(25(30(39)40)28(33)29(26)34)23-19-6-4-17(37-8-2-9-37)12-21(19)43-22-13-18(5-7-20(22)23)38-10-3-11-38/h4-7,12-13H,2-3,8-11,16H2,1H3. The van der Waals surface area contributed by atoms with Crippen LogP contribution in [0.2, 0.25) is 0 Å². The summed E-state index contributed by atoms with van der Waals surface area (Å²) in [6, 6.07) is 13.6. The molecule has 1 aliphatic carbocycles. The second-order valence-electron chi connectivity index (χ2n) is 10.3. The largest absolute Gasteiger partial charge is 0.545 e. The number of fused-ring (bicyclic) bond motifs is 2. The minimum atomic E-state index is -3.00. The van der Waals surface area contributed by atoms with E-state index in [9.17, 15) is 20.4 Å². The third-order valence-electron chi connectivity index (χ3n) is 7.97. The molecule has 0 radical (unpaired) electrons. The number of benzene rings is 3. The van der Waals surface area contributed by atoms with E-state index in [1.165, 1.54) is 23.5 Å². The first-order chi connectivity index (χ1) is 20.7. The minimum Gasteiger partial charge on any atom is -0.545 e. The average Bonchev–Trinajstić information content (AvgIpc) is 2.93. The Morgan fingerprint density at radius 3 is 2.37 bits per heavy atom. The number of hydrogen-bond acceptors (Lipinski definition) is 8. The lowest BCUT2D eigenvalue weighted by molar-refractivity contribution is -0.255. The highest BCUT2D eigenvalue weighted by Crippen LogP contribution is 2.48. The van der Waals surface area contributed by atoms with Gasteiger partial charge in [-0.3, -0.25) is 0 Å². The van der Waals surface area contributed by atoms with Gasteiger partial charge in [-0.2, -0.15) is 10.5 Å². The van der Waals surface area contributed by atoms with E-state index in [-0.39, 0.29) is 5.56 Å². The number of carboxylic acid groups (broad SMARTS) is 1. The van der Waals surface area contributed by atoms with Crippen LogP contribution in [0.5, 0.6) is 0 Å². The number of halogens is 3. The average molecular weight is 605 g/mol. The Bertz CT molecular complexity index is 1920. The van der Waals surface area contributed by atoms with Gasteiger partial charge >= 0.3 is 0 Å². The molecule has 3 heterocycles. The molecular weight excluding hydrogens is 581 g/mol. The number of carbonyl (C=O) groups is 1. The molecule has 0 bridgehead atoms. The molecule has 0 spiro atoms. The molecule has 8 nitrogen and oxygen atoms in total. The summed E-state index contributed by atoms with van der Waals surface area (Å²) < 4.78 is 60.7. The molecule has 6 rings (SSSR count). The van der Waals surface area contributed by atoms with Crippen LogP contribution < -0.4 is 19.9 Å². The summed E-state index contributed by atoms with van der Waals surface area (Å²) in [7, 11) is 1.16. The second kappa shape index (κ2) is 11.0. The highest BCUT2D eigenvalue weighted by atomic mass is 32.1. The first kappa shape index (κ1) is 28.6. The lowest BCUT2D eigenvalue weighted by Crippen LogP contribution is -2.40. The van der Waals surface area contributed by atoms with Crippen LogP contribution in [0.1, 0.15) is 28.8 Å². The Kier molecular flexibility index (Phi) is 7.30. The second-order valence-corrected chi connectivity index (χ2v) is 11.4. The van der Waals surface area contributed by atoms with E-state index in [1.54, 1.807) is 24.3 Å². The van der Waals surface area contributed by atoms with Crippen molar-refractivity contribution in [1.82, 2.24) is 4.58 Å². The van der Waals surface area contributed by atoms with Gasteiger partial charge in [0, 0.05) is 75.2 Å². The Balaban J connectivity index is 1.76. The number of aromatic carboxylic acids is 1. The number of anilines is 1. The number of methoxy groups -OCH3 is 1. The van der Waals surface area contributed by atoms with Gasteiger partial charge in [-0.15, -0.1) is 11.3 Å². The molecule has 2 aromatic rings. The molecule has 0 aromatic heterocycles. The van der Waals surface area contributed by atoms with Gasteiger partial charge in [-0.1, -0.05) is 6.07 Å². The SMILES string of the molecule is COCOC(C#N)(C#N)c1c(F)c(F)c(C(=O)[O-])c(-c2c3ccc(=[N+]4CCC4)cc-3sc3cc(N4CCC4)ccc23)c1F. The summed E-state index contributed by atoms with van der Waals surface area (Å²) in [5.74, 6) is -7.83. The van der Waals surface area contributed by atoms with Crippen LogP contribution in [0.15, 0.2) is 36.4 Å². The fourth-order valence-electron chi connectivity index (χ4n) is 5.50. The van der Waals surface area contributed by atoms with Gasteiger partial charge in [0.2, 0.25) is 5.36 Å². The van der Waals surface area contributed by atoms with Gasteiger partial charge in [-0.25, -0.2) is 17.7 Å². The van der Waals surface area contributed by atoms with Crippen molar-refractivity contribution in [3.8, 4) is 33.7 Å². The van der Waals surface area contributed by atoms with Crippen LogP contribution in [0.3, 0.4) is 0 Å². The molecule has 2 fully saturated rings. The zero-order valence-corrected chi connectivity index (χ0v) is 23.7. The topological polar surface area (TPSA) is 112 Å². The quantitative estimate of drug-likeness (QED) is 0.137. The predicted molar refractivity (Wildman–Crippen MR) is 150 cm³/mol. The monoisotopic (exact) mass is 604 g/mol. The molecule has 4 aliphatic rings. The van der Waals surface area contributed by atoms with Crippen molar-refractivity contribution >= 4 is 33.1 Å². The van der Waals surface area contributed by atoms with Crippen LogP contribution >= 0.6 is 11.3 Å². The number of nitriles is 2. The van der Waals surface area contributed by atoms with E-state index in [0.717, 1.165) is 57.2 Å². The third-order valence-corrected chi connectivity index (χ3v) is 9.08. The number of hydrogen-bond donors (Lipinski definition) is 0. The lowest BCUT2D eigenvalue weighted by Gasteiger charge is -2.33. The number of ether oxygens (including phenoxy) is 2. The molecular formula is C31H23F3N4O4S. The molecule has 3 aliphatic heterocycles. The van der Waals surface area contributed by atoms with Gasteiger partial charge in [0.25, 0.3) is 5.60 Å². The van der Waals surface area contributed by atoms with Crippen LogP contribution in [-0.2, 0) is 15.1 Å². The van der Waals surface area contributed by atoms with Gasteiger partial charge in [0.05, 0.1) is 18.0 Å². The van der Waals surface area contributed by atoms with Crippen molar-refractivity contribution in [3.05, 3.63) is 70.3 Å². The van der Waals surface area contributed by atoms with Crippen LogP contribution in [0.4, 0.5) is 18.9 Å². The maximum Gasteiger partial charge on any atom is 0.275 e. The highest BCUT2D eigenvalue weighted by Gasteiger charge is 2.44. The van der Waals surface area contributed by atoms with E-state index >= 15 is 13.2 Å². The molecule has 12 heteroatoms. The van der Waals surface area contributed by atoms with Crippen molar-refractivity contribution in [2.75, 3.05) is 45.0 Å². The van der Waals surface area contributed by atoms with Gasteiger partial charge in [0.1, 0.15) is 37.8 Å². The normalized spacial score (nSPS) is 14.7. The Hall–Kier alpha value is -4.49. The molecule has 0 N–H and O–H groups in total. The Labute approximate surface area is 248 Å². The summed E-state index contributed by atoms with van der Waals surface area (Å²) in [5.41, 5.74) is -5.35. The summed E-state index contributed by atoms with van der Waals surface area (Å²) in [4.78, 5) is 15.2. The zero-order chi connectivity index (χ0) is 30.5. The fourth-order valence-corrected chi connectivity index (χ4v) is 6.65. The van der Waals surface area contributed by atoms with Crippen LogP contribution in [0, 0.1) is 40.1 Å². The fraction of sp³-hybridized carbons (Fsp3) is 0.290. The van der Waals surface area contributed by atoms with E-state index in [4.69, 9.17) is 9.47 Å². The first-order valence-corrected chi connectivity index (χ1v) is 14.3. The van der Waals surface area contributed by atoms with Gasteiger partial charge in [0.15, 0.2) is 11.6 Å². The first-order valence-electron chi connectivity index (χ1n) is 13.5. The smallest absolute Gasteiger partial charge is 0.275 e. The molecule has 43 heavy (non-hydrogen) atoms. The van der Waals surface area contributed by atoms with Crippen molar-refractivity contribution < 1.29 is 32.5 Å². The maximum absolute atomic E-state index is 16.8. The molecule has 2 saturated heterocycles. The summed E-state index contributed by atoms with van der Waals surface area (Å²) in [5, 5.41) is 33.4. The molecule has 0 atom stereocenters. The summed E-state index contributed by atoms with van der Waals surface area (Å²) in [6.07, 6.45) is 2.07. The van der Waals surface area contributed by atoms with Crippen molar-refractivity contribution in [2.45, 2.75) is 18.4 Å². The highest BCUT2D eigenvalue weighted by molar-refractivity contribution is 7.21. The molecule has 2 aromatic carbocycles. The predicted octanol–water partition coefficient (Wildman–Crippen LogP) is 3.70. The van der Waals surface area contributed by atoms with Crippen molar-refractivity contribution in [1.29, 1.82) is 10.5 Å². The number of nitrogens with zero attached hydrogens (tertiary/aromatic N) is 4. The summed E-state index contributed by atoms with van der Waals surface area (Å²) >= 11 is 1.40. The van der Waals surface area contributed by atoms with Gasteiger partial charge in [-0.05, 0) is 24.6 Å². The molecule has 0 saturated carbocycles. The number of rotatable bonds is 7. The molecule has 0 unspecified atom stereocenters. The van der Waals surface area contributed by atoms with E-state index in [1.807, 2.05) is 12.1 Å². The summed E-state index contributed by atoms with van der Waals surface area (Å²) in [6.45, 7) is 2.70. The zero-order valence-electron chi connectivity index (χ0n) is 22.9. The third kappa shape index (κ3) is 4.50. The maximum atomic E-state index is 16.8. The minimum absolute atomic E-state index is 0.0394. The lowest BCUT2D eigenvalue weighted by atomic mass is 9.85. The van der Waals surface area contributed by atoms with Crippen molar-refractivity contribution in [2.24, 2.45) is 0 Å². The molecule has 218 valence electrons. The Morgan fingerprint density at radius 2 is 1.79 bits per heavy atom. The van der Waals surface area contributed by atoms with Gasteiger partial charge < -0.3 is 24.3 Å². The number of carbonyl (C=O) groups excluding carboxylic acids is 1. The van der Waals surface area contributed by atoms with E-state index in [0.29, 0.717) is 20.5 Å². The molecule has 0 amide bonds. The van der Waals surface area contributed by atoms with E-state index in [2.05, 4.69) is 9.48 Å². The number of carboxylic acids is 1. The van der Waals surface area contributed by atoms with Crippen LogP contribution in [0.25, 0.3) is 31.7 Å².